The van der Waals surface area contributed by atoms with E-state index in [1.54, 1.807) is 14.0 Å². The molecular formula is C17H20N4O3. The maximum atomic E-state index is 12.0. The van der Waals surface area contributed by atoms with Crippen LogP contribution in [0.25, 0.3) is 11.4 Å². The van der Waals surface area contributed by atoms with Crippen LogP contribution in [0.15, 0.2) is 40.9 Å². The Hall–Kier alpha value is -2.83. The first-order valence-electron chi connectivity index (χ1n) is 7.86. The van der Waals surface area contributed by atoms with Crippen LogP contribution in [0.3, 0.4) is 0 Å². The molecule has 1 aromatic carbocycles. The van der Waals surface area contributed by atoms with Crippen LogP contribution in [0.1, 0.15) is 31.7 Å². The minimum absolute atomic E-state index is 0.159. The number of carbonyl (C=O) groups is 1. The predicted molar refractivity (Wildman–Crippen MR) is 88.5 cm³/mol. The summed E-state index contributed by atoms with van der Waals surface area (Å²) in [6.07, 6.45) is 5.85. The van der Waals surface area contributed by atoms with Gasteiger partial charge >= 0.3 is 6.03 Å². The first-order chi connectivity index (χ1) is 11.7. The SMILES string of the molecule is COc1cccc(-c2noc([C@@H](C)NC(=O)NC3CC=CC3)n2)c1. The number of nitrogens with zero attached hydrogens (tertiary/aromatic N) is 2. The monoisotopic (exact) mass is 328 g/mol. The van der Waals surface area contributed by atoms with Gasteiger partial charge in [0.2, 0.25) is 11.7 Å². The Morgan fingerprint density at radius 3 is 2.92 bits per heavy atom. The Morgan fingerprint density at radius 1 is 1.38 bits per heavy atom. The van der Waals surface area contributed by atoms with Crippen molar-refractivity contribution in [3.63, 3.8) is 0 Å². The van der Waals surface area contributed by atoms with Gasteiger partial charge in [-0.25, -0.2) is 4.79 Å². The Bertz CT molecular complexity index is 733. The van der Waals surface area contributed by atoms with Crippen LogP contribution in [-0.2, 0) is 0 Å². The van der Waals surface area contributed by atoms with E-state index in [1.807, 2.05) is 24.3 Å². The van der Waals surface area contributed by atoms with Gasteiger partial charge in [-0.1, -0.05) is 29.4 Å². The molecule has 1 aliphatic rings. The molecule has 1 aliphatic carbocycles. The van der Waals surface area contributed by atoms with E-state index in [1.165, 1.54) is 0 Å². The molecule has 0 unspecified atom stereocenters. The lowest BCUT2D eigenvalue weighted by atomic mass is 10.2. The van der Waals surface area contributed by atoms with Gasteiger partial charge in [-0.05, 0) is 31.9 Å². The van der Waals surface area contributed by atoms with E-state index in [0.29, 0.717) is 11.7 Å². The molecule has 7 nitrogen and oxygen atoms in total. The zero-order valence-corrected chi connectivity index (χ0v) is 13.7. The molecule has 0 radical (unpaired) electrons. The molecule has 24 heavy (non-hydrogen) atoms. The van der Waals surface area contributed by atoms with E-state index in [2.05, 4.69) is 32.9 Å². The van der Waals surface area contributed by atoms with Gasteiger partial charge in [0.15, 0.2) is 0 Å². The Kier molecular flexibility index (Phi) is 4.79. The van der Waals surface area contributed by atoms with E-state index in [9.17, 15) is 4.79 Å². The molecule has 0 spiro atoms. The molecule has 1 atom stereocenters. The predicted octanol–water partition coefficient (Wildman–Crippen LogP) is 2.82. The summed E-state index contributed by atoms with van der Waals surface area (Å²) >= 11 is 0. The number of ether oxygens (including phenoxy) is 1. The largest absolute Gasteiger partial charge is 0.497 e. The van der Waals surface area contributed by atoms with Gasteiger partial charge in [0.25, 0.3) is 0 Å². The zero-order chi connectivity index (χ0) is 16.9. The van der Waals surface area contributed by atoms with Gasteiger partial charge in [0.1, 0.15) is 11.8 Å². The fraction of sp³-hybridized carbons (Fsp3) is 0.353. The second-order valence-corrected chi connectivity index (χ2v) is 5.67. The number of carbonyl (C=O) groups excluding carboxylic acids is 1. The number of hydrogen-bond donors (Lipinski definition) is 2. The molecule has 0 saturated carbocycles. The number of amides is 2. The van der Waals surface area contributed by atoms with Gasteiger partial charge < -0.3 is 19.9 Å². The highest BCUT2D eigenvalue weighted by Gasteiger charge is 2.19. The molecule has 3 rings (SSSR count). The summed E-state index contributed by atoms with van der Waals surface area (Å²) in [4.78, 5) is 16.3. The standard InChI is InChI=1S/C17H20N4O3/c1-11(18-17(22)19-13-7-3-4-8-13)16-20-15(21-24-16)12-6-5-9-14(10-12)23-2/h3-6,9-11,13H,7-8H2,1-2H3,(H2,18,19,22)/t11-/m1/s1. The summed E-state index contributed by atoms with van der Waals surface area (Å²) in [5, 5.41) is 9.70. The summed E-state index contributed by atoms with van der Waals surface area (Å²) in [5.74, 6) is 1.53. The number of methoxy groups -OCH3 is 1. The first-order valence-corrected chi connectivity index (χ1v) is 7.86. The van der Waals surface area contributed by atoms with Gasteiger partial charge in [0, 0.05) is 11.6 Å². The molecule has 126 valence electrons. The average molecular weight is 328 g/mol. The van der Waals surface area contributed by atoms with E-state index >= 15 is 0 Å². The van der Waals surface area contributed by atoms with Crippen molar-refractivity contribution >= 4 is 6.03 Å². The maximum Gasteiger partial charge on any atom is 0.315 e. The third-order valence-corrected chi connectivity index (χ3v) is 3.83. The van der Waals surface area contributed by atoms with Crippen LogP contribution >= 0.6 is 0 Å². The van der Waals surface area contributed by atoms with E-state index < -0.39 is 0 Å². The van der Waals surface area contributed by atoms with Crippen LogP contribution in [0.2, 0.25) is 0 Å². The highest BCUT2D eigenvalue weighted by molar-refractivity contribution is 5.74. The van der Waals surface area contributed by atoms with E-state index in [4.69, 9.17) is 9.26 Å². The lowest BCUT2D eigenvalue weighted by molar-refractivity contribution is 0.230. The summed E-state index contributed by atoms with van der Waals surface area (Å²) in [6.45, 7) is 1.80. The average Bonchev–Trinajstić information content (AvgIpc) is 3.26. The topological polar surface area (TPSA) is 89.3 Å². The second-order valence-electron chi connectivity index (χ2n) is 5.67. The van der Waals surface area contributed by atoms with Crippen molar-refractivity contribution in [2.24, 2.45) is 0 Å². The van der Waals surface area contributed by atoms with Crippen molar-refractivity contribution in [3.8, 4) is 17.1 Å². The lowest BCUT2D eigenvalue weighted by Gasteiger charge is -2.15. The van der Waals surface area contributed by atoms with Crippen molar-refractivity contribution in [2.75, 3.05) is 7.11 Å². The molecule has 0 saturated heterocycles. The van der Waals surface area contributed by atoms with Crippen LogP contribution in [0.4, 0.5) is 4.79 Å². The fourth-order valence-electron chi connectivity index (χ4n) is 2.51. The quantitative estimate of drug-likeness (QED) is 0.824. The van der Waals surface area contributed by atoms with Gasteiger partial charge in [-0.15, -0.1) is 0 Å². The van der Waals surface area contributed by atoms with Crippen LogP contribution < -0.4 is 15.4 Å². The first kappa shape index (κ1) is 16.0. The smallest absolute Gasteiger partial charge is 0.315 e. The number of benzene rings is 1. The third-order valence-electron chi connectivity index (χ3n) is 3.83. The van der Waals surface area contributed by atoms with E-state index in [-0.39, 0.29) is 18.1 Å². The molecule has 0 fully saturated rings. The van der Waals surface area contributed by atoms with Crippen molar-refractivity contribution < 1.29 is 14.1 Å². The van der Waals surface area contributed by atoms with Crippen molar-refractivity contribution in [2.45, 2.75) is 31.8 Å². The summed E-state index contributed by atoms with van der Waals surface area (Å²) in [6, 6.07) is 6.93. The normalized spacial score (nSPS) is 15.2. The zero-order valence-electron chi connectivity index (χ0n) is 13.7. The molecule has 2 N–H and O–H groups in total. The molecule has 0 bridgehead atoms. The number of rotatable bonds is 5. The third kappa shape index (κ3) is 3.73. The molecule has 7 heteroatoms. The number of hydrogen-bond acceptors (Lipinski definition) is 5. The van der Waals surface area contributed by atoms with Crippen molar-refractivity contribution in [3.05, 3.63) is 42.3 Å². The van der Waals surface area contributed by atoms with Gasteiger partial charge in [0.05, 0.1) is 7.11 Å². The minimum atomic E-state index is -0.383. The fourth-order valence-corrected chi connectivity index (χ4v) is 2.51. The van der Waals surface area contributed by atoms with Gasteiger partial charge in [-0.3, -0.25) is 0 Å². The molecular weight excluding hydrogens is 308 g/mol. The molecule has 1 aromatic heterocycles. The van der Waals surface area contributed by atoms with Crippen molar-refractivity contribution in [1.29, 1.82) is 0 Å². The number of aromatic nitrogens is 2. The lowest BCUT2D eigenvalue weighted by Crippen LogP contribution is -2.42. The number of urea groups is 1. The maximum absolute atomic E-state index is 12.0. The Morgan fingerprint density at radius 2 is 2.17 bits per heavy atom. The summed E-state index contributed by atoms with van der Waals surface area (Å²) in [5.41, 5.74) is 0.790. The molecule has 2 amide bonds. The Labute approximate surface area is 140 Å². The Balaban J connectivity index is 1.62. The minimum Gasteiger partial charge on any atom is -0.497 e. The second kappa shape index (κ2) is 7.16. The highest BCUT2D eigenvalue weighted by Crippen LogP contribution is 2.22. The molecule has 1 heterocycles. The van der Waals surface area contributed by atoms with Crippen LogP contribution in [-0.4, -0.2) is 29.3 Å². The van der Waals surface area contributed by atoms with E-state index in [0.717, 1.165) is 24.2 Å². The highest BCUT2D eigenvalue weighted by atomic mass is 16.5. The summed E-state index contributed by atoms with van der Waals surface area (Å²) < 4.78 is 10.5. The molecule has 0 aliphatic heterocycles. The van der Waals surface area contributed by atoms with Gasteiger partial charge in [-0.2, -0.15) is 4.98 Å². The van der Waals surface area contributed by atoms with Crippen LogP contribution in [0.5, 0.6) is 5.75 Å². The number of nitrogens with one attached hydrogen (secondary N) is 2. The van der Waals surface area contributed by atoms with Crippen molar-refractivity contribution in [1.82, 2.24) is 20.8 Å². The van der Waals surface area contributed by atoms with Crippen LogP contribution in [0, 0.1) is 0 Å². The molecule has 2 aromatic rings. The summed E-state index contributed by atoms with van der Waals surface area (Å²) in [7, 11) is 1.60.